The van der Waals surface area contributed by atoms with E-state index in [1.54, 1.807) is 12.1 Å². The summed E-state index contributed by atoms with van der Waals surface area (Å²) >= 11 is 8.00. The molecule has 2 rings (SSSR count). The van der Waals surface area contributed by atoms with E-state index in [0.717, 1.165) is 8.26 Å². The summed E-state index contributed by atoms with van der Waals surface area (Å²) in [5.74, 6) is -0.338. The van der Waals surface area contributed by atoms with E-state index in [0.29, 0.717) is 10.4 Å². The molecular weight excluding hydrogens is 371 g/mol. The van der Waals surface area contributed by atoms with Gasteiger partial charge in [-0.3, -0.25) is 4.79 Å². The maximum Gasteiger partial charge on any atom is 0.177 e. The highest BCUT2D eigenvalue weighted by atomic mass is 79.9. The highest BCUT2D eigenvalue weighted by Crippen LogP contribution is 2.25. The van der Waals surface area contributed by atoms with Crippen LogP contribution in [0, 0.1) is 5.82 Å². The summed E-state index contributed by atoms with van der Waals surface area (Å²) in [5, 5.41) is 0. The molecule has 0 spiro atoms. The van der Waals surface area contributed by atoms with Gasteiger partial charge in [-0.25, -0.2) is 4.39 Å². The molecule has 0 aliphatic rings. The van der Waals surface area contributed by atoms with Crippen molar-refractivity contribution >= 4 is 49.0 Å². The Labute approximate surface area is 119 Å². The van der Waals surface area contributed by atoms with Crippen molar-refractivity contribution in [3.63, 3.8) is 0 Å². The maximum absolute atomic E-state index is 13.1. The minimum Gasteiger partial charge on any atom is -0.293 e. The Hall–Kier alpha value is -0.520. The van der Waals surface area contributed by atoms with Gasteiger partial charge in [-0.1, -0.05) is 15.9 Å². The fourth-order valence-corrected chi connectivity index (χ4v) is 3.11. The van der Waals surface area contributed by atoms with Crippen molar-refractivity contribution in [2.45, 2.75) is 6.42 Å². The van der Waals surface area contributed by atoms with Gasteiger partial charge in [-0.05, 0) is 51.8 Å². The van der Waals surface area contributed by atoms with Crippen LogP contribution in [0.25, 0.3) is 0 Å². The molecule has 1 heterocycles. The molecule has 0 saturated carbocycles. The summed E-state index contributed by atoms with van der Waals surface area (Å²) in [6.07, 6.45) is 0.200. The van der Waals surface area contributed by atoms with Crippen LogP contribution < -0.4 is 0 Å². The molecule has 0 fully saturated rings. The Morgan fingerprint density at radius 3 is 2.65 bits per heavy atom. The zero-order valence-electron chi connectivity index (χ0n) is 8.54. The standard InChI is InChI=1S/C12H7Br2FOS/c13-9-2-1-8(15)5-7(9)6-10(16)11-3-4-12(14)17-11/h1-5H,6H2. The van der Waals surface area contributed by atoms with E-state index in [-0.39, 0.29) is 18.0 Å². The summed E-state index contributed by atoms with van der Waals surface area (Å²) in [5.41, 5.74) is 0.666. The van der Waals surface area contributed by atoms with Gasteiger partial charge >= 0.3 is 0 Å². The van der Waals surface area contributed by atoms with Crippen molar-refractivity contribution in [3.05, 3.63) is 54.8 Å². The van der Waals surface area contributed by atoms with Crippen molar-refractivity contribution in [1.82, 2.24) is 0 Å². The molecule has 88 valence electrons. The van der Waals surface area contributed by atoms with Crippen molar-refractivity contribution in [1.29, 1.82) is 0 Å². The fraction of sp³-hybridized carbons (Fsp3) is 0.0833. The number of ketones is 1. The second-order valence-corrected chi connectivity index (χ2v) is 6.76. The number of halogens is 3. The van der Waals surface area contributed by atoms with Gasteiger partial charge in [0.25, 0.3) is 0 Å². The van der Waals surface area contributed by atoms with E-state index in [2.05, 4.69) is 31.9 Å². The van der Waals surface area contributed by atoms with Crippen LogP contribution in [-0.2, 0) is 6.42 Å². The Bertz CT molecular complexity index is 565. The van der Waals surface area contributed by atoms with Gasteiger partial charge in [0.2, 0.25) is 0 Å². The first kappa shape index (κ1) is 12.9. The first-order valence-corrected chi connectivity index (χ1v) is 7.19. The van der Waals surface area contributed by atoms with E-state index in [4.69, 9.17) is 0 Å². The minimum absolute atomic E-state index is 0.00741. The van der Waals surface area contributed by atoms with Crippen molar-refractivity contribution in [3.8, 4) is 0 Å². The van der Waals surface area contributed by atoms with E-state index < -0.39 is 0 Å². The molecule has 0 unspecified atom stereocenters. The summed E-state index contributed by atoms with van der Waals surface area (Å²) in [4.78, 5) is 12.6. The van der Waals surface area contributed by atoms with Crippen LogP contribution in [0.3, 0.4) is 0 Å². The number of rotatable bonds is 3. The molecule has 1 aromatic heterocycles. The molecule has 0 N–H and O–H groups in total. The fourth-order valence-electron chi connectivity index (χ4n) is 1.40. The van der Waals surface area contributed by atoms with Crippen LogP contribution in [0.2, 0.25) is 0 Å². The van der Waals surface area contributed by atoms with E-state index in [1.807, 2.05) is 6.07 Å². The number of carbonyl (C=O) groups excluding carboxylic acids is 1. The predicted octanol–water partition coefficient (Wildman–Crippen LogP) is 4.84. The third kappa shape index (κ3) is 3.24. The molecule has 0 aliphatic carbocycles. The van der Waals surface area contributed by atoms with Gasteiger partial charge in [-0.2, -0.15) is 0 Å². The molecular formula is C12H7Br2FOS. The third-order valence-corrected chi connectivity index (χ3v) is 4.65. The normalized spacial score (nSPS) is 10.5. The van der Waals surface area contributed by atoms with Crippen molar-refractivity contribution < 1.29 is 9.18 Å². The lowest BCUT2D eigenvalue weighted by atomic mass is 10.1. The van der Waals surface area contributed by atoms with Crippen molar-refractivity contribution in [2.24, 2.45) is 0 Å². The van der Waals surface area contributed by atoms with Gasteiger partial charge in [0.15, 0.2) is 5.78 Å². The van der Waals surface area contributed by atoms with Crippen molar-refractivity contribution in [2.75, 3.05) is 0 Å². The summed E-state index contributed by atoms with van der Waals surface area (Å²) < 4.78 is 14.7. The Morgan fingerprint density at radius 2 is 2.00 bits per heavy atom. The van der Waals surface area contributed by atoms with Gasteiger partial charge in [0.1, 0.15) is 5.82 Å². The molecule has 0 atom stereocenters. The average Bonchev–Trinajstić information content (AvgIpc) is 2.70. The number of carbonyl (C=O) groups is 1. The predicted molar refractivity (Wildman–Crippen MR) is 74.2 cm³/mol. The molecule has 17 heavy (non-hydrogen) atoms. The molecule has 0 amide bonds. The lowest BCUT2D eigenvalue weighted by molar-refractivity contribution is 0.0996. The highest BCUT2D eigenvalue weighted by Gasteiger charge is 2.12. The van der Waals surface area contributed by atoms with Crippen LogP contribution in [0.1, 0.15) is 15.2 Å². The van der Waals surface area contributed by atoms with E-state index in [1.165, 1.54) is 23.5 Å². The molecule has 1 aromatic carbocycles. The lowest BCUT2D eigenvalue weighted by Gasteiger charge is -2.02. The average molecular weight is 378 g/mol. The molecule has 1 nitrogen and oxygen atoms in total. The zero-order chi connectivity index (χ0) is 12.4. The van der Waals surface area contributed by atoms with Crippen LogP contribution in [0.5, 0.6) is 0 Å². The first-order valence-electron chi connectivity index (χ1n) is 4.79. The van der Waals surface area contributed by atoms with Crippen LogP contribution in [0.15, 0.2) is 38.6 Å². The monoisotopic (exact) mass is 376 g/mol. The Morgan fingerprint density at radius 1 is 1.24 bits per heavy atom. The Balaban J connectivity index is 2.21. The summed E-state index contributed by atoms with van der Waals surface area (Å²) in [6, 6.07) is 7.95. The van der Waals surface area contributed by atoms with Gasteiger partial charge in [0.05, 0.1) is 8.66 Å². The van der Waals surface area contributed by atoms with Crippen LogP contribution in [-0.4, -0.2) is 5.78 Å². The molecule has 0 bridgehead atoms. The first-order chi connectivity index (χ1) is 8.06. The SMILES string of the molecule is O=C(Cc1cc(F)ccc1Br)c1ccc(Br)s1. The minimum atomic E-state index is -0.330. The smallest absolute Gasteiger partial charge is 0.177 e. The van der Waals surface area contributed by atoms with Gasteiger partial charge in [-0.15, -0.1) is 11.3 Å². The number of hydrogen-bond donors (Lipinski definition) is 0. The third-order valence-electron chi connectivity index (χ3n) is 2.21. The summed E-state index contributed by atoms with van der Waals surface area (Å²) in [7, 11) is 0. The number of benzene rings is 1. The van der Waals surface area contributed by atoms with Crippen LogP contribution in [0.4, 0.5) is 4.39 Å². The topological polar surface area (TPSA) is 17.1 Å². The molecule has 2 aromatic rings. The number of Topliss-reactive ketones (excluding diaryl/α,β-unsaturated/α-hetero) is 1. The molecule has 0 saturated heterocycles. The van der Waals surface area contributed by atoms with Crippen LogP contribution >= 0.6 is 43.2 Å². The number of thiophene rings is 1. The van der Waals surface area contributed by atoms with Gasteiger partial charge < -0.3 is 0 Å². The largest absolute Gasteiger partial charge is 0.293 e. The second kappa shape index (κ2) is 5.42. The Kier molecular flexibility index (Phi) is 4.12. The summed E-state index contributed by atoms with van der Waals surface area (Å²) in [6.45, 7) is 0. The maximum atomic E-state index is 13.1. The van der Waals surface area contributed by atoms with E-state index >= 15 is 0 Å². The molecule has 0 aliphatic heterocycles. The zero-order valence-corrected chi connectivity index (χ0v) is 12.5. The molecule has 5 heteroatoms. The second-order valence-electron chi connectivity index (χ2n) is 3.44. The quantitative estimate of drug-likeness (QED) is 0.699. The molecule has 0 radical (unpaired) electrons. The van der Waals surface area contributed by atoms with E-state index in [9.17, 15) is 9.18 Å². The number of hydrogen-bond acceptors (Lipinski definition) is 2. The highest BCUT2D eigenvalue weighted by molar-refractivity contribution is 9.11. The lowest BCUT2D eigenvalue weighted by Crippen LogP contribution is -2.02. The van der Waals surface area contributed by atoms with Gasteiger partial charge in [0, 0.05) is 10.9 Å².